The predicted octanol–water partition coefficient (Wildman–Crippen LogP) is 4.13. The number of hydrogen-bond acceptors (Lipinski definition) is 2. The summed E-state index contributed by atoms with van der Waals surface area (Å²) in [7, 11) is 1.60. The Bertz CT molecular complexity index is 570. The van der Waals surface area contributed by atoms with Crippen LogP contribution in [0.5, 0.6) is 0 Å². The van der Waals surface area contributed by atoms with E-state index in [0.29, 0.717) is 16.0 Å². The highest BCUT2D eigenvalue weighted by molar-refractivity contribution is 7.10. The lowest BCUT2D eigenvalue weighted by atomic mass is 10.0. The zero-order valence-electron chi connectivity index (χ0n) is 9.31. The van der Waals surface area contributed by atoms with Crippen molar-refractivity contribution in [1.29, 1.82) is 0 Å². The molecule has 0 aliphatic rings. The molecule has 0 fully saturated rings. The molecule has 96 valence electrons. The Morgan fingerprint density at radius 3 is 2.39 bits per heavy atom. The number of nitrogens with one attached hydrogen (secondary N) is 1. The molecule has 1 aromatic heterocycles. The van der Waals surface area contributed by atoms with Crippen molar-refractivity contribution in [3.63, 3.8) is 0 Å². The Morgan fingerprint density at radius 2 is 1.83 bits per heavy atom. The van der Waals surface area contributed by atoms with Crippen molar-refractivity contribution < 1.29 is 13.2 Å². The summed E-state index contributed by atoms with van der Waals surface area (Å²) in [5.41, 5.74) is 0.0285. The van der Waals surface area contributed by atoms with Gasteiger partial charge < -0.3 is 5.32 Å². The molecular formula is C12H9ClF3NS. The molecule has 0 spiro atoms. The van der Waals surface area contributed by atoms with E-state index in [1.165, 1.54) is 11.3 Å². The zero-order valence-corrected chi connectivity index (χ0v) is 10.9. The van der Waals surface area contributed by atoms with Crippen molar-refractivity contribution in [3.05, 3.63) is 56.5 Å². The van der Waals surface area contributed by atoms with E-state index in [4.69, 9.17) is 11.6 Å². The molecule has 0 saturated carbocycles. The van der Waals surface area contributed by atoms with Crippen LogP contribution in [0.4, 0.5) is 13.2 Å². The van der Waals surface area contributed by atoms with Gasteiger partial charge in [0.15, 0.2) is 11.6 Å². The minimum atomic E-state index is -1.21. The second-order valence-corrected chi connectivity index (χ2v) is 5.00. The van der Waals surface area contributed by atoms with Gasteiger partial charge in [0.25, 0.3) is 0 Å². The average molecular weight is 292 g/mol. The van der Waals surface area contributed by atoms with Gasteiger partial charge in [-0.05, 0) is 24.6 Å². The summed E-state index contributed by atoms with van der Waals surface area (Å²) < 4.78 is 39.8. The molecule has 1 N–H and O–H groups in total. The molecule has 0 aliphatic carbocycles. The fourth-order valence-corrected chi connectivity index (χ4v) is 2.99. The summed E-state index contributed by atoms with van der Waals surface area (Å²) in [4.78, 5) is 0.657. The number of halogens is 4. The molecule has 1 nitrogen and oxygen atoms in total. The first-order chi connectivity index (χ1) is 8.54. The van der Waals surface area contributed by atoms with Crippen LogP contribution >= 0.6 is 22.9 Å². The van der Waals surface area contributed by atoms with Gasteiger partial charge in [-0.15, -0.1) is 11.3 Å². The second-order valence-electron chi connectivity index (χ2n) is 3.64. The van der Waals surface area contributed by atoms with Gasteiger partial charge in [-0.3, -0.25) is 0 Å². The van der Waals surface area contributed by atoms with Gasteiger partial charge in [0.05, 0.1) is 11.1 Å². The molecule has 0 bridgehead atoms. The van der Waals surface area contributed by atoms with Crippen LogP contribution in [0, 0.1) is 17.5 Å². The quantitative estimate of drug-likeness (QED) is 0.839. The molecule has 2 rings (SSSR count). The molecule has 0 saturated heterocycles. The Hall–Kier alpha value is -1.04. The topological polar surface area (TPSA) is 12.0 Å². The van der Waals surface area contributed by atoms with E-state index in [1.807, 2.05) is 0 Å². The molecule has 1 atom stereocenters. The first kappa shape index (κ1) is 13.4. The van der Waals surface area contributed by atoms with Gasteiger partial charge in [-0.25, -0.2) is 13.2 Å². The zero-order chi connectivity index (χ0) is 13.3. The van der Waals surface area contributed by atoms with E-state index < -0.39 is 23.5 Å². The minimum Gasteiger partial charge on any atom is -0.309 e. The molecular weight excluding hydrogens is 283 g/mol. The average Bonchev–Trinajstić information content (AvgIpc) is 2.73. The molecule has 1 unspecified atom stereocenters. The minimum absolute atomic E-state index is 0.0285. The Balaban J connectivity index is 2.52. The third-order valence-corrected chi connectivity index (χ3v) is 3.97. The highest BCUT2D eigenvalue weighted by atomic mass is 35.5. The van der Waals surface area contributed by atoms with Crippen LogP contribution in [-0.4, -0.2) is 7.05 Å². The molecule has 0 aliphatic heterocycles. The van der Waals surface area contributed by atoms with E-state index in [-0.39, 0.29) is 5.56 Å². The molecule has 0 radical (unpaired) electrons. The van der Waals surface area contributed by atoms with E-state index in [2.05, 4.69) is 5.32 Å². The van der Waals surface area contributed by atoms with Crippen molar-refractivity contribution in [2.75, 3.05) is 7.05 Å². The summed E-state index contributed by atoms with van der Waals surface area (Å²) in [6, 6.07) is 2.45. The summed E-state index contributed by atoms with van der Waals surface area (Å²) in [6.45, 7) is 0. The van der Waals surface area contributed by atoms with E-state index >= 15 is 0 Å². The fraction of sp³-hybridized carbons (Fsp3) is 0.167. The van der Waals surface area contributed by atoms with Crippen LogP contribution in [0.3, 0.4) is 0 Å². The lowest BCUT2D eigenvalue weighted by Crippen LogP contribution is -2.18. The maximum absolute atomic E-state index is 13.7. The molecule has 1 heterocycles. The van der Waals surface area contributed by atoms with Gasteiger partial charge >= 0.3 is 0 Å². The lowest BCUT2D eigenvalue weighted by molar-refractivity contribution is 0.484. The summed E-state index contributed by atoms with van der Waals surface area (Å²) in [5, 5.41) is 5.06. The monoisotopic (exact) mass is 291 g/mol. The molecule has 0 amide bonds. The van der Waals surface area contributed by atoms with Crippen molar-refractivity contribution in [2.24, 2.45) is 0 Å². The van der Waals surface area contributed by atoms with Crippen molar-refractivity contribution in [2.45, 2.75) is 6.04 Å². The van der Waals surface area contributed by atoms with Gasteiger partial charge in [0.2, 0.25) is 0 Å². The maximum atomic E-state index is 13.7. The van der Waals surface area contributed by atoms with Gasteiger partial charge in [0, 0.05) is 16.5 Å². The molecule has 6 heteroatoms. The van der Waals surface area contributed by atoms with Crippen molar-refractivity contribution in [1.82, 2.24) is 5.32 Å². The number of hydrogen-bond donors (Lipinski definition) is 1. The first-order valence-corrected chi connectivity index (χ1v) is 6.35. The third kappa shape index (κ3) is 2.39. The van der Waals surface area contributed by atoms with Crippen LogP contribution in [0.25, 0.3) is 0 Å². The Morgan fingerprint density at radius 1 is 1.17 bits per heavy atom. The maximum Gasteiger partial charge on any atom is 0.161 e. The third-order valence-electron chi connectivity index (χ3n) is 2.55. The van der Waals surface area contributed by atoms with E-state index in [0.717, 1.165) is 6.07 Å². The van der Waals surface area contributed by atoms with Gasteiger partial charge in [-0.1, -0.05) is 11.6 Å². The van der Waals surface area contributed by atoms with Crippen LogP contribution < -0.4 is 5.32 Å². The first-order valence-electron chi connectivity index (χ1n) is 5.09. The number of rotatable bonds is 3. The van der Waals surface area contributed by atoms with Crippen LogP contribution in [-0.2, 0) is 0 Å². The molecule has 1 aromatic carbocycles. The highest BCUT2D eigenvalue weighted by Gasteiger charge is 2.22. The SMILES string of the molecule is CNC(c1cc(F)c(F)cc1F)c1sccc1Cl. The normalized spacial score (nSPS) is 12.7. The molecule has 2 aromatic rings. The standard InChI is InChI=1S/C12H9ClF3NS/c1-17-11(12-7(13)2-3-18-12)6-4-9(15)10(16)5-8(6)14/h2-5,11,17H,1H3. The summed E-state index contributed by atoms with van der Waals surface area (Å²) >= 11 is 7.29. The number of benzene rings is 1. The largest absolute Gasteiger partial charge is 0.309 e. The molecule has 18 heavy (non-hydrogen) atoms. The summed E-state index contributed by atoms with van der Waals surface area (Å²) in [6.07, 6.45) is 0. The smallest absolute Gasteiger partial charge is 0.161 e. The summed E-state index contributed by atoms with van der Waals surface area (Å²) in [5.74, 6) is -3.10. The Labute approximate surface area is 111 Å². The van der Waals surface area contributed by atoms with Crippen LogP contribution in [0.1, 0.15) is 16.5 Å². The van der Waals surface area contributed by atoms with E-state index in [9.17, 15) is 13.2 Å². The lowest BCUT2D eigenvalue weighted by Gasteiger charge is -2.16. The van der Waals surface area contributed by atoms with Crippen molar-refractivity contribution >= 4 is 22.9 Å². The predicted molar refractivity (Wildman–Crippen MR) is 66.5 cm³/mol. The van der Waals surface area contributed by atoms with Crippen molar-refractivity contribution in [3.8, 4) is 0 Å². The fourth-order valence-electron chi connectivity index (χ4n) is 1.70. The van der Waals surface area contributed by atoms with Gasteiger partial charge in [0.1, 0.15) is 5.82 Å². The van der Waals surface area contributed by atoms with Crippen LogP contribution in [0.15, 0.2) is 23.6 Å². The van der Waals surface area contributed by atoms with E-state index in [1.54, 1.807) is 18.5 Å². The number of thiophene rings is 1. The Kier molecular flexibility index (Phi) is 3.94. The second kappa shape index (κ2) is 5.30. The van der Waals surface area contributed by atoms with Gasteiger partial charge in [-0.2, -0.15) is 0 Å². The van der Waals surface area contributed by atoms with Crippen LogP contribution in [0.2, 0.25) is 5.02 Å². The highest BCUT2D eigenvalue weighted by Crippen LogP contribution is 2.34.